The highest BCUT2D eigenvalue weighted by atomic mass is 19.2. The van der Waals surface area contributed by atoms with Crippen molar-refractivity contribution in [2.45, 2.75) is 128 Å². The fourth-order valence-electron chi connectivity index (χ4n) is 8.90. The first kappa shape index (κ1) is 31.6. The summed E-state index contributed by atoms with van der Waals surface area (Å²) in [6.07, 6.45) is 20.8. The average molecular weight is 585 g/mol. The summed E-state index contributed by atoms with van der Waals surface area (Å²) in [6.45, 7) is 4.74. The predicted molar refractivity (Wildman–Crippen MR) is 164 cm³/mol. The Morgan fingerprint density at radius 1 is 0.381 bits per heavy atom. The van der Waals surface area contributed by atoms with Crippen LogP contribution in [0.15, 0.2) is 36.4 Å². The quantitative estimate of drug-likeness (QED) is 0.314. The van der Waals surface area contributed by atoms with Crippen LogP contribution in [0.2, 0.25) is 0 Å². The number of hydrogen-bond donors (Lipinski definition) is 0. The first-order valence-electron chi connectivity index (χ1n) is 17.2. The number of hydrogen-bond acceptors (Lipinski definition) is 0. The molecule has 0 saturated heterocycles. The summed E-state index contributed by atoms with van der Waals surface area (Å²) in [5.74, 6) is 3.42. The maximum Gasteiger partial charge on any atom is 0.159 e. The predicted octanol–water partition coefficient (Wildman–Crippen LogP) is 12.1. The first-order valence-corrected chi connectivity index (χ1v) is 17.2. The van der Waals surface area contributed by atoms with E-state index in [0.29, 0.717) is 11.8 Å². The molecule has 0 nitrogen and oxygen atoms in total. The van der Waals surface area contributed by atoms with Gasteiger partial charge in [0.1, 0.15) is 0 Å². The summed E-state index contributed by atoms with van der Waals surface area (Å²) in [7, 11) is 0. The minimum atomic E-state index is -0.733. The van der Waals surface area contributed by atoms with Gasteiger partial charge in [0.25, 0.3) is 0 Å². The minimum Gasteiger partial charge on any atom is -0.204 e. The van der Waals surface area contributed by atoms with Gasteiger partial charge in [-0.15, -0.1) is 0 Å². The van der Waals surface area contributed by atoms with Crippen LogP contribution in [0.5, 0.6) is 0 Å². The zero-order chi connectivity index (χ0) is 29.6. The maximum atomic E-state index is 13.4. The van der Waals surface area contributed by atoms with E-state index in [9.17, 15) is 17.6 Å². The van der Waals surface area contributed by atoms with Gasteiger partial charge in [-0.3, -0.25) is 0 Å². The van der Waals surface area contributed by atoms with E-state index in [-0.39, 0.29) is 0 Å². The molecule has 4 saturated carbocycles. The summed E-state index contributed by atoms with van der Waals surface area (Å²) in [6, 6.07) is 8.90. The van der Waals surface area contributed by atoms with E-state index in [2.05, 4.69) is 13.8 Å². The maximum absolute atomic E-state index is 13.4. The second-order valence-electron chi connectivity index (χ2n) is 14.6. The van der Waals surface area contributed by atoms with Crippen molar-refractivity contribution in [1.29, 1.82) is 0 Å². The van der Waals surface area contributed by atoms with E-state index in [1.807, 2.05) is 0 Å². The summed E-state index contributed by atoms with van der Waals surface area (Å²) in [4.78, 5) is 0. The Labute approximate surface area is 252 Å². The number of benzene rings is 2. The second-order valence-corrected chi connectivity index (χ2v) is 14.6. The van der Waals surface area contributed by atoms with E-state index in [4.69, 9.17) is 0 Å². The van der Waals surface area contributed by atoms with E-state index < -0.39 is 23.3 Å². The van der Waals surface area contributed by atoms with Crippen molar-refractivity contribution in [2.75, 3.05) is 0 Å². The highest BCUT2D eigenvalue weighted by Crippen LogP contribution is 2.45. The van der Waals surface area contributed by atoms with Gasteiger partial charge in [-0.2, -0.15) is 0 Å². The third kappa shape index (κ3) is 8.20. The standard InChI is InChI=1S/2C19H26F2/c2*1-13-2-4-14(5-3-13)15-6-8-16(9-7-15)17-10-11-18(20)19(21)12-17/h2*10-16H,2-9H2,1H3. The normalized spacial score (nSPS) is 33.9. The first-order chi connectivity index (χ1) is 20.3. The molecule has 4 aliphatic rings. The van der Waals surface area contributed by atoms with Gasteiger partial charge in [-0.05, 0) is 160 Å². The zero-order valence-electron chi connectivity index (χ0n) is 25.9. The highest BCUT2D eigenvalue weighted by Gasteiger charge is 2.32. The van der Waals surface area contributed by atoms with E-state index >= 15 is 0 Å². The monoisotopic (exact) mass is 584 g/mol. The lowest BCUT2D eigenvalue weighted by Gasteiger charge is -2.37. The van der Waals surface area contributed by atoms with Crippen LogP contribution >= 0.6 is 0 Å². The molecule has 0 spiro atoms. The van der Waals surface area contributed by atoms with Crippen molar-refractivity contribution in [3.8, 4) is 0 Å². The zero-order valence-corrected chi connectivity index (χ0v) is 25.9. The Balaban J connectivity index is 0.000000168. The van der Waals surface area contributed by atoms with Crippen molar-refractivity contribution in [3.05, 3.63) is 70.8 Å². The number of halogens is 4. The molecule has 2 aromatic rings. The van der Waals surface area contributed by atoms with Crippen LogP contribution in [-0.2, 0) is 0 Å². The topological polar surface area (TPSA) is 0 Å². The third-order valence-electron chi connectivity index (χ3n) is 11.8. The van der Waals surface area contributed by atoms with Crippen LogP contribution in [0.4, 0.5) is 17.6 Å². The Bertz CT molecular complexity index is 1020. The van der Waals surface area contributed by atoms with Gasteiger partial charge in [0.05, 0.1) is 0 Å². The summed E-state index contributed by atoms with van der Waals surface area (Å²) in [5, 5.41) is 0. The van der Waals surface area contributed by atoms with E-state index in [1.54, 1.807) is 12.1 Å². The van der Waals surface area contributed by atoms with Crippen LogP contribution in [0.3, 0.4) is 0 Å². The second kappa shape index (κ2) is 14.8. The minimum absolute atomic E-state index is 0.430. The molecule has 4 fully saturated rings. The smallest absolute Gasteiger partial charge is 0.159 e. The van der Waals surface area contributed by atoms with Crippen molar-refractivity contribution in [1.82, 2.24) is 0 Å². The molecule has 4 heteroatoms. The van der Waals surface area contributed by atoms with Crippen LogP contribution in [0.25, 0.3) is 0 Å². The van der Waals surface area contributed by atoms with Gasteiger partial charge in [0.15, 0.2) is 23.3 Å². The summed E-state index contributed by atoms with van der Waals surface area (Å²) < 4.78 is 52.8. The lowest BCUT2D eigenvalue weighted by atomic mass is 9.68. The summed E-state index contributed by atoms with van der Waals surface area (Å²) >= 11 is 0. The summed E-state index contributed by atoms with van der Waals surface area (Å²) in [5.41, 5.74) is 1.98. The molecule has 0 aliphatic heterocycles. The van der Waals surface area contributed by atoms with Crippen molar-refractivity contribution in [3.63, 3.8) is 0 Å². The SMILES string of the molecule is CC1CCC(C2CCC(c3ccc(F)c(F)c3)CC2)CC1.CC1CCC(C2CCC(c3ccc(F)c(F)c3)CC2)CC1. The third-order valence-corrected chi connectivity index (χ3v) is 11.8. The van der Waals surface area contributed by atoms with Gasteiger partial charge in [-0.1, -0.05) is 51.7 Å². The Kier molecular flexibility index (Phi) is 11.1. The number of rotatable bonds is 4. The Hall–Kier alpha value is -1.84. The van der Waals surface area contributed by atoms with Gasteiger partial charge >= 0.3 is 0 Å². The molecule has 0 radical (unpaired) electrons. The molecular weight excluding hydrogens is 532 g/mol. The molecule has 0 aromatic heterocycles. The molecule has 4 aliphatic carbocycles. The molecule has 0 N–H and O–H groups in total. The van der Waals surface area contributed by atoms with Gasteiger partial charge in [0.2, 0.25) is 0 Å². The molecule has 42 heavy (non-hydrogen) atoms. The fourth-order valence-corrected chi connectivity index (χ4v) is 8.90. The van der Waals surface area contributed by atoms with Gasteiger partial charge in [-0.25, -0.2) is 17.6 Å². The van der Waals surface area contributed by atoms with Gasteiger partial charge < -0.3 is 0 Å². The molecule has 0 bridgehead atoms. The van der Waals surface area contributed by atoms with Crippen molar-refractivity contribution < 1.29 is 17.6 Å². The molecule has 0 amide bonds. The Morgan fingerprint density at radius 3 is 0.952 bits per heavy atom. The molecule has 0 heterocycles. The highest BCUT2D eigenvalue weighted by molar-refractivity contribution is 5.23. The lowest BCUT2D eigenvalue weighted by Crippen LogP contribution is -2.24. The van der Waals surface area contributed by atoms with Crippen molar-refractivity contribution >= 4 is 0 Å². The lowest BCUT2D eigenvalue weighted by molar-refractivity contribution is 0.165. The average Bonchev–Trinajstić information content (AvgIpc) is 3.01. The van der Waals surface area contributed by atoms with E-state index in [0.717, 1.165) is 72.3 Å². The van der Waals surface area contributed by atoms with Gasteiger partial charge in [0, 0.05) is 0 Å². The molecule has 6 rings (SSSR count). The molecule has 0 unspecified atom stereocenters. The molecule has 0 atom stereocenters. The van der Waals surface area contributed by atoms with Crippen LogP contribution in [-0.4, -0.2) is 0 Å². The largest absolute Gasteiger partial charge is 0.204 e. The Morgan fingerprint density at radius 2 is 0.667 bits per heavy atom. The molecule has 232 valence electrons. The molecule has 2 aromatic carbocycles. The molecular formula is C38H52F4. The van der Waals surface area contributed by atoms with Crippen molar-refractivity contribution in [2.24, 2.45) is 35.5 Å². The van der Waals surface area contributed by atoms with Crippen LogP contribution < -0.4 is 0 Å². The van der Waals surface area contributed by atoms with Crippen LogP contribution in [0, 0.1) is 58.8 Å². The fraction of sp³-hybridized carbons (Fsp3) is 0.684. The van der Waals surface area contributed by atoms with E-state index in [1.165, 1.54) is 101 Å². The van der Waals surface area contributed by atoms with Crippen LogP contribution in [0.1, 0.15) is 140 Å².